The first-order chi connectivity index (χ1) is 9.02. The van der Waals surface area contributed by atoms with E-state index in [-0.39, 0.29) is 0 Å². The molecule has 0 aromatic carbocycles. The fourth-order valence-corrected chi connectivity index (χ4v) is 2.59. The standard InChI is InChI=1S/C12H16N4O2S/c1-5-18-11(17)9-6(2)13-12(14-9)19-10-7(3)15-16-8(10)4/h5H2,1-4H3,(H,13,14)(H,15,16). The van der Waals surface area contributed by atoms with Crippen molar-refractivity contribution in [2.24, 2.45) is 0 Å². The van der Waals surface area contributed by atoms with Crippen LogP contribution in [0.15, 0.2) is 10.1 Å². The number of rotatable bonds is 4. The summed E-state index contributed by atoms with van der Waals surface area (Å²) < 4.78 is 4.96. The molecule has 0 bridgehead atoms. The maximum atomic E-state index is 11.7. The molecule has 7 heteroatoms. The van der Waals surface area contributed by atoms with Gasteiger partial charge in [-0.2, -0.15) is 5.10 Å². The van der Waals surface area contributed by atoms with Gasteiger partial charge in [-0.1, -0.05) is 0 Å². The van der Waals surface area contributed by atoms with Crippen molar-refractivity contribution >= 4 is 17.7 Å². The number of carbonyl (C=O) groups is 1. The van der Waals surface area contributed by atoms with E-state index in [2.05, 4.69) is 20.2 Å². The normalized spacial score (nSPS) is 10.7. The van der Waals surface area contributed by atoms with Crippen molar-refractivity contribution in [3.8, 4) is 0 Å². The Hall–Kier alpha value is -1.76. The highest BCUT2D eigenvalue weighted by Gasteiger charge is 2.18. The van der Waals surface area contributed by atoms with Gasteiger partial charge in [-0.15, -0.1) is 0 Å². The molecule has 19 heavy (non-hydrogen) atoms. The molecule has 2 rings (SSSR count). The number of esters is 1. The van der Waals surface area contributed by atoms with Crippen molar-refractivity contribution in [2.75, 3.05) is 6.61 Å². The lowest BCUT2D eigenvalue weighted by atomic mass is 10.3. The van der Waals surface area contributed by atoms with Crippen LogP contribution in [0, 0.1) is 20.8 Å². The molecule has 0 saturated heterocycles. The van der Waals surface area contributed by atoms with Gasteiger partial charge in [0.1, 0.15) is 0 Å². The fourth-order valence-electron chi connectivity index (χ4n) is 1.67. The van der Waals surface area contributed by atoms with Crippen LogP contribution in [0.3, 0.4) is 0 Å². The van der Waals surface area contributed by atoms with Crippen molar-refractivity contribution < 1.29 is 9.53 Å². The van der Waals surface area contributed by atoms with Gasteiger partial charge in [0.05, 0.1) is 17.2 Å². The quantitative estimate of drug-likeness (QED) is 0.840. The van der Waals surface area contributed by atoms with E-state index >= 15 is 0 Å². The summed E-state index contributed by atoms with van der Waals surface area (Å²) in [6, 6.07) is 0. The Kier molecular flexibility index (Phi) is 3.94. The van der Waals surface area contributed by atoms with Gasteiger partial charge < -0.3 is 9.72 Å². The smallest absolute Gasteiger partial charge is 0.358 e. The predicted octanol–water partition coefficient (Wildman–Crippen LogP) is 2.39. The van der Waals surface area contributed by atoms with Crippen molar-refractivity contribution in [2.45, 2.75) is 37.7 Å². The SMILES string of the molecule is CCOC(=O)c1nc(Sc2c(C)n[nH]c2C)[nH]c1C. The minimum atomic E-state index is -0.399. The third kappa shape index (κ3) is 2.81. The molecular formula is C12H16N4O2S. The molecular weight excluding hydrogens is 264 g/mol. The molecule has 6 nitrogen and oxygen atoms in total. The minimum Gasteiger partial charge on any atom is -0.461 e. The summed E-state index contributed by atoms with van der Waals surface area (Å²) in [5, 5.41) is 7.70. The molecule has 0 spiro atoms. The fraction of sp³-hybridized carbons (Fsp3) is 0.417. The summed E-state index contributed by atoms with van der Waals surface area (Å²) >= 11 is 1.45. The third-order valence-electron chi connectivity index (χ3n) is 2.59. The second-order valence-electron chi connectivity index (χ2n) is 4.10. The lowest BCUT2D eigenvalue weighted by Crippen LogP contribution is -2.06. The molecule has 0 amide bonds. The summed E-state index contributed by atoms with van der Waals surface area (Å²) in [5.74, 6) is -0.399. The zero-order chi connectivity index (χ0) is 14.0. The molecule has 102 valence electrons. The highest BCUT2D eigenvalue weighted by atomic mass is 32.2. The van der Waals surface area contributed by atoms with E-state index in [4.69, 9.17) is 4.74 Å². The molecule has 0 aliphatic carbocycles. The van der Waals surface area contributed by atoms with Crippen LogP contribution >= 0.6 is 11.8 Å². The number of aryl methyl sites for hydroxylation is 3. The second kappa shape index (κ2) is 5.48. The van der Waals surface area contributed by atoms with Crippen molar-refractivity contribution in [1.82, 2.24) is 20.2 Å². The van der Waals surface area contributed by atoms with Crippen LogP contribution < -0.4 is 0 Å². The van der Waals surface area contributed by atoms with Crippen LogP contribution in [0.2, 0.25) is 0 Å². The largest absolute Gasteiger partial charge is 0.461 e. The zero-order valence-corrected chi connectivity index (χ0v) is 12.1. The van der Waals surface area contributed by atoms with E-state index in [1.54, 1.807) is 13.8 Å². The van der Waals surface area contributed by atoms with Crippen molar-refractivity contribution in [3.05, 3.63) is 22.8 Å². The first kappa shape index (κ1) is 13.7. The van der Waals surface area contributed by atoms with Crippen LogP contribution in [0.25, 0.3) is 0 Å². The van der Waals surface area contributed by atoms with Gasteiger partial charge in [0.2, 0.25) is 0 Å². The first-order valence-electron chi connectivity index (χ1n) is 5.96. The average molecular weight is 280 g/mol. The number of nitrogens with zero attached hydrogens (tertiary/aromatic N) is 2. The van der Waals surface area contributed by atoms with Gasteiger partial charge in [0.25, 0.3) is 0 Å². The van der Waals surface area contributed by atoms with Crippen LogP contribution in [-0.4, -0.2) is 32.7 Å². The predicted molar refractivity (Wildman–Crippen MR) is 71.5 cm³/mol. The number of hydrogen-bond donors (Lipinski definition) is 2. The number of imidazole rings is 1. The van der Waals surface area contributed by atoms with E-state index in [9.17, 15) is 4.79 Å². The maximum Gasteiger partial charge on any atom is 0.358 e. The van der Waals surface area contributed by atoms with Crippen LogP contribution in [0.5, 0.6) is 0 Å². The van der Waals surface area contributed by atoms with Gasteiger partial charge >= 0.3 is 5.97 Å². The molecule has 0 fully saturated rings. The van der Waals surface area contributed by atoms with Gasteiger partial charge in [-0.05, 0) is 39.5 Å². The van der Waals surface area contributed by atoms with E-state index in [0.29, 0.717) is 23.2 Å². The lowest BCUT2D eigenvalue weighted by molar-refractivity contribution is 0.0519. The van der Waals surface area contributed by atoms with Crippen LogP contribution in [-0.2, 0) is 4.74 Å². The molecule has 0 radical (unpaired) electrons. The van der Waals surface area contributed by atoms with Gasteiger partial charge in [0.15, 0.2) is 10.9 Å². The maximum absolute atomic E-state index is 11.7. The molecule has 0 unspecified atom stereocenters. The molecule has 2 N–H and O–H groups in total. The summed E-state index contributed by atoms with van der Waals surface area (Å²) in [6.45, 7) is 7.79. The Morgan fingerprint density at radius 3 is 2.63 bits per heavy atom. The Bertz CT molecular complexity index is 583. The van der Waals surface area contributed by atoms with Crippen molar-refractivity contribution in [1.29, 1.82) is 0 Å². The molecule has 0 aliphatic heterocycles. The number of aromatic nitrogens is 4. The Balaban J connectivity index is 2.23. The topological polar surface area (TPSA) is 83.7 Å². The highest BCUT2D eigenvalue weighted by molar-refractivity contribution is 7.99. The van der Waals surface area contributed by atoms with E-state index in [1.165, 1.54) is 11.8 Å². The second-order valence-corrected chi connectivity index (χ2v) is 5.10. The van der Waals surface area contributed by atoms with E-state index < -0.39 is 5.97 Å². The molecule has 0 atom stereocenters. The lowest BCUT2D eigenvalue weighted by Gasteiger charge is -1.98. The average Bonchev–Trinajstić information content (AvgIpc) is 2.87. The summed E-state index contributed by atoms with van der Waals surface area (Å²) in [4.78, 5) is 20.1. The zero-order valence-electron chi connectivity index (χ0n) is 11.3. The molecule has 0 aliphatic rings. The van der Waals surface area contributed by atoms with Gasteiger partial charge in [0, 0.05) is 11.4 Å². The monoisotopic (exact) mass is 280 g/mol. The van der Waals surface area contributed by atoms with E-state index in [1.807, 2.05) is 13.8 Å². The van der Waals surface area contributed by atoms with Crippen molar-refractivity contribution in [3.63, 3.8) is 0 Å². The highest BCUT2D eigenvalue weighted by Crippen LogP contribution is 2.30. The number of carbonyl (C=O) groups excluding carboxylic acids is 1. The first-order valence-corrected chi connectivity index (χ1v) is 6.77. The third-order valence-corrected chi connectivity index (χ3v) is 3.78. The van der Waals surface area contributed by atoms with E-state index in [0.717, 1.165) is 16.3 Å². The van der Waals surface area contributed by atoms with Gasteiger partial charge in [-0.3, -0.25) is 5.10 Å². The summed E-state index contributed by atoms with van der Waals surface area (Å²) in [7, 11) is 0. The summed E-state index contributed by atoms with van der Waals surface area (Å²) in [5.41, 5.74) is 2.94. The minimum absolute atomic E-state index is 0.336. The molecule has 0 saturated carbocycles. The Morgan fingerprint density at radius 2 is 2.05 bits per heavy atom. The number of aromatic amines is 2. The van der Waals surface area contributed by atoms with Gasteiger partial charge in [-0.25, -0.2) is 9.78 Å². The molecule has 2 heterocycles. The van der Waals surface area contributed by atoms with Crippen LogP contribution in [0.4, 0.5) is 0 Å². The number of nitrogens with one attached hydrogen (secondary N) is 2. The molecule has 2 aromatic rings. The summed E-state index contributed by atoms with van der Waals surface area (Å²) in [6.07, 6.45) is 0. The number of H-pyrrole nitrogens is 2. The molecule has 2 aromatic heterocycles. The number of hydrogen-bond acceptors (Lipinski definition) is 5. The Morgan fingerprint density at radius 1 is 1.32 bits per heavy atom. The number of ether oxygens (including phenoxy) is 1. The Labute approximate surface area is 115 Å². The van der Waals surface area contributed by atoms with Crippen LogP contribution in [0.1, 0.15) is 34.5 Å².